The molecule has 0 atom stereocenters. The van der Waals surface area contributed by atoms with Gasteiger partial charge in [-0.2, -0.15) is 0 Å². The molecule has 9 rings (SSSR count). The largest absolute Gasteiger partial charge is 0.292 e. The van der Waals surface area contributed by atoms with Crippen molar-refractivity contribution in [1.29, 1.82) is 0 Å². The summed E-state index contributed by atoms with van der Waals surface area (Å²) in [4.78, 5) is 15.2. The summed E-state index contributed by atoms with van der Waals surface area (Å²) < 4.78 is 2.28. The molecule has 0 fully saturated rings. The number of fused-ring (bicyclic) bond motifs is 6. The van der Waals surface area contributed by atoms with Crippen LogP contribution in [0, 0.1) is 0 Å². The van der Waals surface area contributed by atoms with Gasteiger partial charge < -0.3 is 0 Å². The number of benzene rings is 6. The van der Waals surface area contributed by atoms with Gasteiger partial charge in [-0.1, -0.05) is 109 Å². The second-order valence-corrected chi connectivity index (χ2v) is 10.9. The van der Waals surface area contributed by atoms with Gasteiger partial charge in [-0.25, -0.2) is 15.0 Å². The first kappa shape index (κ1) is 23.8. The number of aromatic nitrogens is 4. The number of para-hydroxylation sites is 1. The van der Waals surface area contributed by atoms with E-state index in [1.165, 1.54) is 38.1 Å². The van der Waals surface area contributed by atoms with Crippen molar-refractivity contribution in [2.75, 3.05) is 0 Å². The van der Waals surface area contributed by atoms with Crippen molar-refractivity contribution in [3.05, 3.63) is 146 Å². The molecule has 0 saturated carbocycles. The third-order valence-electron chi connectivity index (χ3n) is 8.44. The van der Waals surface area contributed by atoms with Gasteiger partial charge in [0.2, 0.25) is 0 Å². The third kappa shape index (κ3) is 3.67. The van der Waals surface area contributed by atoms with E-state index in [9.17, 15) is 0 Å². The first-order valence-electron chi connectivity index (χ1n) is 14.5. The molecule has 4 heteroatoms. The minimum Gasteiger partial charge on any atom is -0.292 e. The lowest BCUT2D eigenvalue weighted by atomic mass is 9.93. The van der Waals surface area contributed by atoms with Gasteiger partial charge in [0.1, 0.15) is 11.2 Å². The molecular weight excluding hydrogens is 524 g/mol. The van der Waals surface area contributed by atoms with Crippen LogP contribution < -0.4 is 0 Å². The molecule has 43 heavy (non-hydrogen) atoms. The Morgan fingerprint density at radius 1 is 0.465 bits per heavy atom. The molecule has 0 N–H and O–H groups in total. The van der Waals surface area contributed by atoms with Crippen molar-refractivity contribution < 1.29 is 0 Å². The summed E-state index contributed by atoms with van der Waals surface area (Å²) >= 11 is 0. The number of hydrogen-bond acceptors (Lipinski definition) is 3. The topological polar surface area (TPSA) is 43.6 Å². The SMILES string of the molecule is c1ccc(-c2ccc(-c3nc4ncccc4nc3-n3c4ccccc4c4cc5ccccc5cc43)c3ccccc23)cc1. The van der Waals surface area contributed by atoms with Crippen LogP contribution in [0.5, 0.6) is 0 Å². The summed E-state index contributed by atoms with van der Waals surface area (Å²) in [5.41, 5.74) is 7.79. The molecule has 0 aliphatic rings. The van der Waals surface area contributed by atoms with Gasteiger partial charge in [0.15, 0.2) is 11.5 Å². The quantitative estimate of drug-likeness (QED) is 0.221. The van der Waals surface area contributed by atoms with Crippen molar-refractivity contribution in [1.82, 2.24) is 19.5 Å². The van der Waals surface area contributed by atoms with Crippen molar-refractivity contribution >= 4 is 54.5 Å². The van der Waals surface area contributed by atoms with E-state index in [1.807, 2.05) is 12.1 Å². The van der Waals surface area contributed by atoms with Crippen LogP contribution in [0.15, 0.2) is 146 Å². The molecule has 3 heterocycles. The zero-order valence-electron chi connectivity index (χ0n) is 23.1. The van der Waals surface area contributed by atoms with Gasteiger partial charge in [0.25, 0.3) is 0 Å². The van der Waals surface area contributed by atoms with E-state index in [0.717, 1.165) is 39.0 Å². The Balaban J connectivity index is 1.42. The van der Waals surface area contributed by atoms with Gasteiger partial charge in [-0.15, -0.1) is 0 Å². The highest BCUT2D eigenvalue weighted by atomic mass is 15.1. The van der Waals surface area contributed by atoms with Crippen molar-refractivity contribution in [2.45, 2.75) is 0 Å². The zero-order chi connectivity index (χ0) is 28.3. The molecule has 0 bridgehead atoms. The van der Waals surface area contributed by atoms with E-state index >= 15 is 0 Å². The van der Waals surface area contributed by atoms with E-state index in [2.05, 4.69) is 137 Å². The number of nitrogens with zero attached hydrogens (tertiary/aromatic N) is 4. The summed E-state index contributed by atoms with van der Waals surface area (Å²) in [5.74, 6) is 0.791. The molecule has 9 aromatic rings. The highest BCUT2D eigenvalue weighted by molar-refractivity contribution is 6.14. The molecule has 0 amide bonds. The smallest absolute Gasteiger partial charge is 0.178 e. The van der Waals surface area contributed by atoms with E-state index < -0.39 is 0 Å². The Kier molecular flexibility index (Phi) is 5.16. The van der Waals surface area contributed by atoms with Gasteiger partial charge in [-0.05, 0) is 63.0 Å². The molecule has 4 nitrogen and oxygen atoms in total. The zero-order valence-corrected chi connectivity index (χ0v) is 23.1. The molecule has 0 unspecified atom stereocenters. The van der Waals surface area contributed by atoms with Gasteiger partial charge in [0, 0.05) is 22.5 Å². The number of hydrogen-bond donors (Lipinski definition) is 0. The maximum Gasteiger partial charge on any atom is 0.178 e. The molecule has 6 aromatic carbocycles. The van der Waals surface area contributed by atoms with Crippen LogP contribution >= 0.6 is 0 Å². The fourth-order valence-corrected chi connectivity index (χ4v) is 6.48. The number of rotatable bonds is 3. The Morgan fingerprint density at radius 2 is 1.14 bits per heavy atom. The van der Waals surface area contributed by atoms with Gasteiger partial charge in [0.05, 0.1) is 11.0 Å². The maximum atomic E-state index is 5.30. The molecule has 0 aliphatic heterocycles. The predicted molar refractivity (Wildman–Crippen MR) is 178 cm³/mol. The molecular formula is C39H24N4. The van der Waals surface area contributed by atoms with Crippen LogP contribution in [0.2, 0.25) is 0 Å². The summed E-state index contributed by atoms with van der Waals surface area (Å²) in [5, 5.41) is 7.08. The van der Waals surface area contributed by atoms with Gasteiger partial charge >= 0.3 is 0 Å². The average molecular weight is 549 g/mol. The van der Waals surface area contributed by atoms with E-state index in [-0.39, 0.29) is 0 Å². The van der Waals surface area contributed by atoms with Crippen LogP contribution in [-0.2, 0) is 0 Å². The highest BCUT2D eigenvalue weighted by Gasteiger charge is 2.21. The minimum absolute atomic E-state index is 0.628. The third-order valence-corrected chi connectivity index (χ3v) is 8.44. The van der Waals surface area contributed by atoms with Crippen molar-refractivity contribution in [3.63, 3.8) is 0 Å². The minimum atomic E-state index is 0.628. The second-order valence-electron chi connectivity index (χ2n) is 10.9. The lowest BCUT2D eigenvalue weighted by Crippen LogP contribution is -2.04. The normalized spacial score (nSPS) is 11.7. The first-order valence-corrected chi connectivity index (χ1v) is 14.5. The predicted octanol–water partition coefficient (Wildman–Crippen LogP) is 9.76. The van der Waals surface area contributed by atoms with E-state index in [4.69, 9.17) is 9.97 Å². The lowest BCUT2D eigenvalue weighted by molar-refractivity contribution is 1.07. The summed E-state index contributed by atoms with van der Waals surface area (Å²) in [6, 6.07) is 49.1. The summed E-state index contributed by atoms with van der Waals surface area (Å²) in [7, 11) is 0. The van der Waals surface area contributed by atoms with Crippen LogP contribution in [0.4, 0.5) is 0 Å². The average Bonchev–Trinajstić information content (AvgIpc) is 3.39. The second kappa shape index (κ2) is 9.33. The highest BCUT2D eigenvalue weighted by Crippen LogP contribution is 2.40. The van der Waals surface area contributed by atoms with Crippen LogP contribution in [0.25, 0.3) is 82.7 Å². The Hall–Kier alpha value is -5.87. The summed E-state index contributed by atoms with van der Waals surface area (Å²) in [6.45, 7) is 0. The molecule has 200 valence electrons. The fraction of sp³-hybridized carbons (Fsp3) is 0. The Bertz CT molecular complexity index is 2510. The monoisotopic (exact) mass is 548 g/mol. The Labute approximate surface area is 247 Å². The van der Waals surface area contributed by atoms with E-state index in [1.54, 1.807) is 6.20 Å². The van der Waals surface area contributed by atoms with Crippen molar-refractivity contribution in [3.8, 4) is 28.2 Å². The molecule has 0 aliphatic carbocycles. The van der Waals surface area contributed by atoms with E-state index in [0.29, 0.717) is 5.65 Å². The van der Waals surface area contributed by atoms with Crippen LogP contribution in [0.1, 0.15) is 0 Å². The van der Waals surface area contributed by atoms with Crippen LogP contribution in [0.3, 0.4) is 0 Å². The Morgan fingerprint density at radius 3 is 1.98 bits per heavy atom. The summed E-state index contributed by atoms with van der Waals surface area (Å²) in [6.07, 6.45) is 1.78. The van der Waals surface area contributed by atoms with Crippen LogP contribution in [-0.4, -0.2) is 19.5 Å². The fourth-order valence-electron chi connectivity index (χ4n) is 6.48. The molecule has 0 saturated heterocycles. The van der Waals surface area contributed by atoms with Crippen molar-refractivity contribution in [2.24, 2.45) is 0 Å². The maximum absolute atomic E-state index is 5.30. The molecule has 0 radical (unpaired) electrons. The lowest BCUT2D eigenvalue weighted by Gasteiger charge is -2.16. The first-order chi connectivity index (χ1) is 21.3. The molecule has 0 spiro atoms. The van der Waals surface area contributed by atoms with Gasteiger partial charge in [-0.3, -0.25) is 4.57 Å². The molecule has 3 aromatic heterocycles. The standard InChI is InChI=1S/C39H24N4/c1-2-11-25(12-3-1)28-20-21-32(30-16-7-6-15-29(28)30)37-39(41-34-18-10-22-40-38(34)42-37)43-35-19-9-8-17-31(35)33-23-26-13-4-5-14-27(26)24-36(33)43/h1-24H. The number of pyridine rings is 1.